The Morgan fingerprint density at radius 3 is 2.87 bits per heavy atom. The Balaban J connectivity index is 2.52. The minimum absolute atomic E-state index is 0.676. The Morgan fingerprint density at radius 2 is 2.07 bits per heavy atom. The average Bonchev–Trinajstić information content (AvgIpc) is 2.21. The molecule has 1 aliphatic heterocycles. The predicted molar refractivity (Wildman–Crippen MR) is 77.2 cm³/mol. The zero-order valence-corrected chi connectivity index (χ0v) is 12.0. The van der Waals surface area contributed by atoms with Gasteiger partial charge >= 0.3 is 0 Å². The molecule has 86 valence electrons. The highest BCUT2D eigenvalue weighted by atomic mass is 127. The smallest absolute Gasteiger partial charge is 0.0392 e. The highest BCUT2D eigenvalue weighted by Gasteiger charge is 2.06. The summed E-state index contributed by atoms with van der Waals surface area (Å²) >= 11 is 2.53. The quantitative estimate of drug-likeness (QED) is 0.463. The number of aliphatic imine (C=N–C) groups is 1. The van der Waals surface area contributed by atoms with Crippen LogP contribution in [0, 0.1) is 5.92 Å². The molecular formula is C13H22IN. The summed E-state index contributed by atoms with van der Waals surface area (Å²) in [4.78, 5) is 4.54. The van der Waals surface area contributed by atoms with Crippen LogP contribution in [0.25, 0.3) is 0 Å². The lowest BCUT2D eigenvalue weighted by atomic mass is 9.97. The fourth-order valence-corrected chi connectivity index (χ4v) is 2.41. The van der Waals surface area contributed by atoms with E-state index in [1.807, 2.05) is 0 Å². The maximum atomic E-state index is 4.54. The predicted octanol–water partition coefficient (Wildman–Crippen LogP) is 4.41. The number of nitrogens with zero attached hydrogens (tertiary/aromatic N) is 1. The number of hydrogen-bond acceptors (Lipinski definition) is 1. The largest absolute Gasteiger partial charge is 0.290 e. The van der Waals surface area contributed by atoms with Gasteiger partial charge in [0, 0.05) is 16.2 Å². The summed E-state index contributed by atoms with van der Waals surface area (Å²) in [5.74, 6) is 0.889. The zero-order valence-electron chi connectivity index (χ0n) is 9.88. The van der Waals surface area contributed by atoms with Crippen molar-refractivity contribution >= 4 is 28.3 Å². The molecule has 2 atom stereocenters. The van der Waals surface area contributed by atoms with Crippen LogP contribution in [0.4, 0.5) is 0 Å². The minimum atomic E-state index is 0.676. The van der Waals surface area contributed by atoms with E-state index in [4.69, 9.17) is 0 Å². The monoisotopic (exact) mass is 319 g/mol. The second-order valence-corrected chi connectivity index (χ2v) is 6.18. The Hall–Kier alpha value is 0.140. The van der Waals surface area contributed by atoms with Crippen LogP contribution < -0.4 is 0 Å². The number of alkyl halides is 1. The summed E-state index contributed by atoms with van der Waals surface area (Å²) in [7, 11) is 0. The molecule has 1 rings (SSSR count). The van der Waals surface area contributed by atoms with Crippen LogP contribution in [0.2, 0.25) is 0 Å². The number of hydrogen-bond donors (Lipinski definition) is 0. The highest BCUT2D eigenvalue weighted by molar-refractivity contribution is 14.1. The number of allylic oxidation sites excluding steroid dienone is 2. The van der Waals surface area contributed by atoms with Crippen molar-refractivity contribution in [2.75, 3.05) is 6.54 Å². The molecular weight excluding hydrogens is 297 g/mol. The number of halogens is 1. The van der Waals surface area contributed by atoms with Crippen LogP contribution in [0.3, 0.4) is 0 Å². The zero-order chi connectivity index (χ0) is 11.1. The van der Waals surface area contributed by atoms with E-state index in [0.29, 0.717) is 3.92 Å². The van der Waals surface area contributed by atoms with Crippen LogP contribution in [0.5, 0.6) is 0 Å². The fraction of sp³-hybridized carbons (Fsp3) is 0.769. The summed E-state index contributed by atoms with van der Waals surface area (Å²) in [5.41, 5.74) is 1.19. The maximum Gasteiger partial charge on any atom is 0.0392 e. The molecule has 0 fully saturated rings. The van der Waals surface area contributed by atoms with Crippen molar-refractivity contribution in [3.63, 3.8) is 0 Å². The molecule has 2 heteroatoms. The summed E-state index contributed by atoms with van der Waals surface area (Å²) in [6.45, 7) is 5.50. The van der Waals surface area contributed by atoms with E-state index in [2.05, 4.69) is 53.6 Å². The van der Waals surface area contributed by atoms with E-state index in [1.165, 1.54) is 37.8 Å². The molecule has 0 bridgehead atoms. The normalized spacial score (nSPS) is 35.8. The molecule has 0 spiro atoms. The minimum Gasteiger partial charge on any atom is -0.290 e. The summed E-state index contributed by atoms with van der Waals surface area (Å²) < 4.78 is 0.676. The second-order valence-electron chi connectivity index (χ2n) is 4.58. The molecule has 0 aromatic carbocycles. The van der Waals surface area contributed by atoms with Crippen LogP contribution in [0.15, 0.2) is 17.1 Å². The lowest BCUT2D eigenvalue weighted by molar-refractivity contribution is 0.459. The van der Waals surface area contributed by atoms with Gasteiger partial charge in [-0.1, -0.05) is 48.4 Å². The Bertz CT molecular complexity index is 233. The molecule has 0 saturated heterocycles. The SMILES string of the molecule is CC1=N/CCCC[C@@H](C)CCC(I)\C=C\1. The first-order chi connectivity index (χ1) is 7.18. The molecule has 0 amide bonds. The first-order valence-electron chi connectivity index (χ1n) is 6.02. The van der Waals surface area contributed by atoms with E-state index >= 15 is 0 Å². The van der Waals surface area contributed by atoms with Crippen LogP contribution in [-0.2, 0) is 0 Å². The van der Waals surface area contributed by atoms with Gasteiger partial charge in [0.2, 0.25) is 0 Å². The molecule has 0 N–H and O–H groups in total. The van der Waals surface area contributed by atoms with Crippen LogP contribution >= 0.6 is 22.6 Å². The van der Waals surface area contributed by atoms with Crippen molar-refractivity contribution in [1.82, 2.24) is 0 Å². The fourth-order valence-electron chi connectivity index (χ4n) is 1.84. The van der Waals surface area contributed by atoms with E-state index < -0.39 is 0 Å². The van der Waals surface area contributed by atoms with Crippen molar-refractivity contribution in [3.8, 4) is 0 Å². The molecule has 0 aromatic heterocycles. The van der Waals surface area contributed by atoms with Gasteiger partial charge in [0.05, 0.1) is 0 Å². The summed E-state index contributed by atoms with van der Waals surface area (Å²) in [6, 6.07) is 0. The van der Waals surface area contributed by atoms with Crippen molar-refractivity contribution in [2.24, 2.45) is 10.9 Å². The molecule has 1 aliphatic rings. The molecule has 1 nitrogen and oxygen atoms in total. The molecule has 1 heterocycles. The van der Waals surface area contributed by atoms with Gasteiger partial charge in [-0.15, -0.1) is 0 Å². The van der Waals surface area contributed by atoms with Gasteiger partial charge in [-0.3, -0.25) is 4.99 Å². The van der Waals surface area contributed by atoms with Gasteiger partial charge in [0.15, 0.2) is 0 Å². The van der Waals surface area contributed by atoms with E-state index in [-0.39, 0.29) is 0 Å². The molecule has 0 saturated carbocycles. The maximum absolute atomic E-state index is 4.54. The lowest BCUT2D eigenvalue weighted by Gasteiger charge is -2.13. The molecule has 1 unspecified atom stereocenters. The Kier molecular flexibility index (Phi) is 6.53. The third-order valence-electron chi connectivity index (χ3n) is 2.95. The number of rotatable bonds is 0. The van der Waals surface area contributed by atoms with Gasteiger partial charge < -0.3 is 0 Å². The standard InChI is InChI=1S/C13H22IN/c1-11-5-3-4-10-15-12(2)7-9-13(14)8-6-11/h7,9,11,13H,3-6,8,10H2,1-2H3/b9-7+,15-12-/t11-,13?/m1/s1. The summed E-state index contributed by atoms with van der Waals surface area (Å²) in [5, 5.41) is 0. The third kappa shape index (κ3) is 6.33. The van der Waals surface area contributed by atoms with Crippen LogP contribution in [-0.4, -0.2) is 16.2 Å². The van der Waals surface area contributed by atoms with Crippen LogP contribution in [0.1, 0.15) is 46.0 Å². The van der Waals surface area contributed by atoms with Crippen molar-refractivity contribution < 1.29 is 0 Å². The van der Waals surface area contributed by atoms with Crippen molar-refractivity contribution in [2.45, 2.75) is 49.9 Å². The lowest BCUT2D eigenvalue weighted by Crippen LogP contribution is -2.02. The average molecular weight is 319 g/mol. The molecule has 15 heavy (non-hydrogen) atoms. The first kappa shape index (κ1) is 13.2. The van der Waals surface area contributed by atoms with Gasteiger partial charge in [0.1, 0.15) is 0 Å². The molecule has 0 aliphatic carbocycles. The second kappa shape index (κ2) is 7.42. The molecule has 0 radical (unpaired) electrons. The highest BCUT2D eigenvalue weighted by Crippen LogP contribution is 2.19. The van der Waals surface area contributed by atoms with E-state index in [1.54, 1.807) is 0 Å². The Morgan fingerprint density at radius 1 is 1.27 bits per heavy atom. The van der Waals surface area contributed by atoms with E-state index in [9.17, 15) is 0 Å². The molecule has 0 aromatic rings. The van der Waals surface area contributed by atoms with Crippen molar-refractivity contribution in [3.05, 3.63) is 12.2 Å². The first-order valence-corrected chi connectivity index (χ1v) is 7.26. The van der Waals surface area contributed by atoms with Gasteiger partial charge in [-0.2, -0.15) is 0 Å². The van der Waals surface area contributed by atoms with Gasteiger partial charge in [-0.25, -0.2) is 0 Å². The van der Waals surface area contributed by atoms with Crippen molar-refractivity contribution in [1.29, 1.82) is 0 Å². The topological polar surface area (TPSA) is 12.4 Å². The van der Waals surface area contributed by atoms with Gasteiger partial charge in [0.25, 0.3) is 0 Å². The van der Waals surface area contributed by atoms with E-state index in [0.717, 1.165) is 12.5 Å². The van der Waals surface area contributed by atoms with Gasteiger partial charge in [-0.05, 0) is 38.2 Å². The Labute approximate surface area is 108 Å². The third-order valence-corrected chi connectivity index (χ3v) is 3.99. The summed E-state index contributed by atoms with van der Waals surface area (Å²) in [6.07, 6.45) is 11.1.